The Morgan fingerprint density at radius 3 is 2.38 bits per heavy atom. The van der Waals surface area contributed by atoms with Crippen molar-refractivity contribution in [1.29, 1.82) is 0 Å². The van der Waals surface area contributed by atoms with Gasteiger partial charge in [0.1, 0.15) is 0 Å². The summed E-state index contributed by atoms with van der Waals surface area (Å²) in [5.41, 5.74) is 2.57. The summed E-state index contributed by atoms with van der Waals surface area (Å²) in [5.74, 6) is -0.273. The molecule has 2 aliphatic heterocycles. The third-order valence-electron chi connectivity index (χ3n) is 5.23. The summed E-state index contributed by atoms with van der Waals surface area (Å²) >= 11 is 0. The molecule has 1 atom stereocenters. The average Bonchev–Trinajstić information content (AvgIpc) is 2.90. The van der Waals surface area contributed by atoms with E-state index in [0.717, 1.165) is 21.7 Å². The van der Waals surface area contributed by atoms with Gasteiger partial charge < -0.3 is 9.64 Å². The fourth-order valence-electron chi connectivity index (χ4n) is 3.88. The molecule has 3 rings (SSSR count). The van der Waals surface area contributed by atoms with E-state index in [1.165, 1.54) is 4.90 Å². The Labute approximate surface area is 153 Å². The van der Waals surface area contributed by atoms with Gasteiger partial charge in [0.25, 0.3) is 5.91 Å². The first-order chi connectivity index (χ1) is 12.4. The van der Waals surface area contributed by atoms with E-state index in [2.05, 4.69) is 0 Å². The molecular weight excluding hydrogens is 334 g/mol. The number of rotatable bonds is 3. The second-order valence-corrected chi connectivity index (χ2v) is 6.91. The van der Waals surface area contributed by atoms with Crippen molar-refractivity contribution in [3.05, 3.63) is 29.3 Å². The number of aryl methyl sites for hydroxylation is 2. The number of hydrogen-bond donors (Lipinski definition) is 1. The van der Waals surface area contributed by atoms with Crippen LogP contribution in [0.4, 0.5) is 10.5 Å². The summed E-state index contributed by atoms with van der Waals surface area (Å²) in [5, 5.41) is 0. The van der Waals surface area contributed by atoms with E-state index in [1.807, 2.05) is 32.0 Å². The Balaban J connectivity index is 1.71. The maximum Gasteiger partial charge on any atom is 0.410 e. The molecule has 2 heterocycles. The molecule has 0 unspecified atom stereocenters. The summed E-state index contributed by atoms with van der Waals surface area (Å²) in [6.45, 7) is 8.33. The third-order valence-corrected chi connectivity index (χ3v) is 5.23. The van der Waals surface area contributed by atoms with Crippen LogP contribution in [0.5, 0.6) is 0 Å². The van der Waals surface area contributed by atoms with Gasteiger partial charge in [-0.05, 0) is 31.9 Å². The van der Waals surface area contributed by atoms with Crippen LogP contribution >= 0.6 is 0 Å². The molecule has 0 aliphatic carbocycles. The third kappa shape index (κ3) is 3.31. The van der Waals surface area contributed by atoms with Crippen LogP contribution in [0, 0.1) is 13.8 Å². The van der Waals surface area contributed by atoms with Gasteiger partial charge in [-0.1, -0.05) is 18.2 Å². The summed E-state index contributed by atoms with van der Waals surface area (Å²) in [6, 6.07) is 5.39. The van der Waals surface area contributed by atoms with Crippen LogP contribution in [-0.4, -0.2) is 61.6 Å². The fourth-order valence-corrected chi connectivity index (χ4v) is 3.88. The van der Waals surface area contributed by atoms with Gasteiger partial charge in [0.2, 0.25) is 5.91 Å². The zero-order valence-corrected chi connectivity index (χ0v) is 15.6. The lowest BCUT2D eigenvalue weighted by Gasteiger charge is -2.33. The lowest BCUT2D eigenvalue weighted by atomic mass is 10.1. The van der Waals surface area contributed by atoms with Gasteiger partial charge in [-0.3, -0.25) is 14.5 Å². The number of ether oxygens (including phenoxy) is 1. The molecule has 0 saturated carbocycles. The van der Waals surface area contributed by atoms with Crippen LogP contribution in [-0.2, 0) is 14.3 Å². The zero-order valence-electron chi connectivity index (χ0n) is 15.6. The van der Waals surface area contributed by atoms with Gasteiger partial charge in [-0.25, -0.2) is 9.69 Å². The van der Waals surface area contributed by atoms with E-state index in [-0.39, 0.29) is 30.4 Å². The first-order valence-corrected chi connectivity index (χ1v) is 9.13. The fraction of sp³-hybridized carbons (Fsp3) is 0.526. The molecule has 3 amide bonds. The van der Waals surface area contributed by atoms with Crippen LogP contribution < -0.4 is 9.80 Å². The topological polar surface area (TPSA) is 71.4 Å². The van der Waals surface area contributed by atoms with Gasteiger partial charge in [0, 0.05) is 0 Å². The molecule has 1 aromatic carbocycles. The molecule has 1 N–H and O–H groups in total. The lowest BCUT2D eigenvalue weighted by molar-refractivity contribution is -0.918. The van der Waals surface area contributed by atoms with E-state index in [1.54, 1.807) is 11.8 Å². The van der Waals surface area contributed by atoms with Crippen molar-refractivity contribution in [3.8, 4) is 0 Å². The van der Waals surface area contributed by atoms with Gasteiger partial charge in [0.05, 0.1) is 44.9 Å². The molecule has 7 heteroatoms. The van der Waals surface area contributed by atoms with Gasteiger partial charge >= 0.3 is 6.09 Å². The number of nitrogens with one attached hydrogen (secondary N) is 1. The number of hydrogen-bond acceptors (Lipinski definition) is 4. The molecule has 26 heavy (non-hydrogen) atoms. The van der Waals surface area contributed by atoms with Crippen LogP contribution in [0.15, 0.2) is 18.2 Å². The van der Waals surface area contributed by atoms with Crippen molar-refractivity contribution in [2.45, 2.75) is 33.2 Å². The number of piperazine rings is 1. The number of imide groups is 1. The smallest absolute Gasteiger partial charge is 0.410 e. The van der Waals surface area contributed by atoms with Crippen molar-refractivity contribution < 1.29 is 24.0 Å². The molecule has 1 aromatic rings. The molecule has 0 radical (unpaired) electrons. The molecule has 0 bridgehead atoms. The van der Waals surface area contributed by atoms with Crippen molar-refractivity contribution in [2.24, 2.45) is 0 Å². The molecular formula is C19H26N3O4+. The first kappa shape index (κ1) is 18.4. The predicted molar refractivity (Wildman–Crippen MR) is 96.1 cm³/mol. The molecule has 7 nitrogen and oxygen atoms in total. The number of carbonyl (C=O) groups excluding carboxylic acids is 3. The van der Waals surface area contributed by atoms with Crippen molar-refractivity contribution in [2.75, 3.05) is 37.7 Å². The molecule has 140 valence electrons. The molecule has 2 aliphatic rings. The molecule has 0 aromatic heterocycles. The molecule has 2 saturated heterocycles. The van der Waals surface area contributed by atoms with Gasteiger partial charge in [-0.15, -0.1) is 0 Å². The standard InChI is InChI=1S/C19H25N3O4/c1-4-26-19(25)21-10-8-20(9-11-21)15-12-16(23)22(18(15)24)17-13(2)6-5-7-14(17)3/h5-7,15H,4,8-12H2,1-3H3/p+1/t15-/m1/s1. The minimum absolute atomic E-state index is 0.132. The Bertz CT molecular complexity index is 705. The van der Waals surface area contributed by atoms with E-state index in [4.69, 9.17) is 4.74 Å². The predicted octanol–water partition coefficient (Wildman–Crippen LogP) is 0.292. The average molecular weight is 360 g/mol. The van der Waals surface area contributed by atoms with Gasteiger partial charge in [-0.2, -0.15) is 0 Å². The Morgan fingerprint density at radius 1 is 1.19 bits per heavy atom. The van der Waals surface area contributed by atoms with Crippen LogP contribution in [0.25, 0.3) is 0 Å². The highest BCUT2D eigenvalue weighted by atomic mass is 16.6. The summed E-state index contributed by atoms with van der Waals surface area (Å²) < 4.78 is 5.03. The van der Waals surface area contributed by atoms with Crippen LogP contribution in [0.2, 0.25) is 0 Å². The monoisotopic (exact) mass is 360 g/mol. The highest BCUT2D eigenvalue weighted by Gasteiger charge is 2.47. The lowest BCUT2D eigenvalue weighted by Crippen LogP contribution is -3.19. The number of para-hydroxylation sites is 1. The Kier molecular flexibility index (Phi) is 5.27. The minimum atomic E-state index is -0.370. The van der Waals surface area contributed by atoms with E-state index in [0.29, 0.717) is 32.8 Å². The Morgan fingerprint density at radius 2 is 1.81 bits per heavy atom. The minimum Gasteiger partial charge on any atom is -0.450 e. The summed E-state index contributed by atoms with van der Waals surface area (Å²) in [7, 11) is 0. The highest BCUT2D eigenvalue weighted by Crippen LogP contribution is 2.29. The number of benzene rings is 1. The number of amides is 3. The maximum atomic E-state index is 13.0. The molecule has 0 spiro atoms. The van der Waals surface area contributed by atoms with Crippen LogP contribution in [0.3, 0.4) is 0 Å². The second-order valence-electron chi connectivity index (χ2n) is 6.91. The van der Waals surface area contributed by atoms with Crippen molar-refractivity contribution in [3.63, 3.8) is 0 Å². The summed E-state index contributed by atoms with van der Waals surface area (Å²) in [6.07, 6.45) is -0.0843. The quantitative estimate of drug-likeness (QED) is 0.787. The highest BCUT2D eigenvalue weighted by molar-refractivity contribution is 6.22. The first-order valence-electron chi connectivity index (χ1n) is 9.13. The Hall–Kier alpha value is -2.41. The second kappa shape index (κ2) is 7.45. The van der Waals surface area contributed by atoms with E-state index >= 15 is 0 Å². The number of quaternary nitrogens is 1. The molecule has 2 fully saturated rings. The normalized spacial score (nSPS) is 21.4. The largest absolute Gasteiger partial charge is 0.450 e. The maximum absolute atomic E-state index is 13.0. The van der Waals surface area contributed by atoms with Gasteiger partial charge in [0.15, 0.2) is 6.04 Å². The zero-order chi connectivity index (χ0) is 18.8. The number of carbonyl (C=O) groups is 3. The van der Waals surface area contributed by atoms with E-state index < -0.39 is 0 Å². The number of nitrogens with zero attached hydrogens (tertiary/aromatic N) is 2. The number of anilines is 1. The van der Waals surface area contributed by atoms with Crippen molar-refractivity contribution >= 4 is 23.6 Å². The van der Waals surface area contributed by atoms with E-state index in [9.17, 15) is 14.4 Å². The van der Waals surface area contributed by atoms with Crippen LogP contribution in [0.1, 0.15) is 24.5 Å². The van der Waals surface area contributed by atoms with Crippen molar-refractivity contribution in [1.82, 2.24) is 4.90 Å². The summed E-state index contributed by atoms with van der Waals surface area (Å²) in [4.78, 5) is 41.5. The SMILES string of the molecule is CCOC(=O)N1CC[NH+]([C@@H]2CC(=O)N(c3c(C)cccc3C)C2=O)CC1.